The highest BCUT2D eigenvalue weighted by Gasteiger charge is 2.17. The normalized spacial score (nSPS) is 15.6. The summed E-state index contributed by atoms with van der Waals surface area (Å²) in [6.45, 7) is 5.21. The Morgan fingerprint density at radius 1 is 1.56 bits per heavy atom. The van der Waals surface area contributed by atoms with E-state index in [2.05, 4.69) is 33.2 Å². The molecule has 0 fully saturated rings. The zero-order chi connectivity index (χ0) is 12.5. The van der Waals surface area contributed by atoms with Crippen molar-refractivity contribution in [2.75, 3.05) is 6.54 Å². The number of nitrogens with one attached hydrogen (secondary N) is 1. The van der Waals surface area contributed by atoms with Crippen LogP contribution in [0.3, 0.4) is 0 Å². The molecular weight excluding hydrogens is 262 g/mol. The number of aromatic amines is 1. The van der Waals surface area contributed by atoms with Crippen molar-refractivity contribution in [3.8, 4) is 0 Å². The van der Waals surface area contributed by atoms with E-state index in [9.17, 15) is 0 Å². The summed E-state index contributed by atoms with van der Waals surface area (Å²) in [4.78, 5) is 11.3. The molecule has 5 heteroatoms. The quantitative estimate of drug-likeness (QED) is 0.856. The topological polar surface area (TPSA) is 31.9 Å². The van der Waals surface area contributed by atoms with Crippen molar-refractivity contribution < 1.29 is 0 Å². The van der Waals surface area contributed by atoms with E-state index in [1.54, 1.807) is 0 Å². The van der Waals surface area contributed by atoms with E-state index in [0.29, 0.717) is 4.77 Å². The van der Waals surface area contributed by atoms with Gasteiger partial charge in [-0.2, -0.15) is 0 Å². The highest BCUT2D eigenvalue weighted by atomic mass is 32.1. The maximum absolute atomic E-state index is 5.09. The van der Waals surface area contributed by atoms with Crippen molar-refractivity contribution in [2.24, 2.45) is 0 Å². The van der Waals surface area contributed by atoms with Crippen LogP contribution in [0.15, 0.2) is 17.6 Å². The first kappa shape index (κ1) is 12.0. The minimum atomic E-state index is 0.586. The summed E-state index contributed by atoms with van der Waals surface area (Å²) in [7, 11) is 0. The summed E-state index contributed by atoms with van der Waals surface area (Å²) in [6, 6.07) is 2.27. The van der Waals surface area contributed by atoms with Crippen molar-refractivity contribution in [1.29, 1.82) is 0 Å². The van der Waals surface area contributed by atoms with Crippen LogP contribution in [0.4, 0.5) is 0 Å². The van der Waals surface area contributed by atoms with E-state index in [1.165, 1.54) is 21.7 Å². The molecule has 0 aromatic carbocycles. The van der Waals surface area contributed by atoms with Crippen LogP contribution in [0.2, 0.25) is 0 Å². The molecule has 3 nitrogen and oxygen atoms in total. The lowest BCUT2D eigenvalue weighted by atomic mass is 10.1. The zero-order valence-corrected chi connectivity index (χ0v) is 11.9. The van der Waals surface area contributed by atoms with Gasteiger partial charge in [0, 0.05) is 36.4 Å². The Hall–Kier alpha value is -1.04. The van der Waals surface area contributed by atoms with E-state index in [-0.39, 0.29) is 0 Å². The maximum Gasteiger partial charge on any atom is 0.196 e. The fourth-order valence-electron chi connectivity index (χ4n) is 2.32. The van der Waals surface area contributed by atoms with Crippen LogP contribution >= 0.6 is 23.6 Å². The number of aryl methyl sites for hydroxylation is 1. The first-order valence-corrected chi connectivity index (χ1v) is 7.33. The van der Waals surface area contributed by atoms with Gasteiger partial charge in [0.25, 0.3) is 0 Å². The fourth-order valence-corrected chi connectivity index (χ4v) is 3.41. The minimum absolute atomic E-state index is 0.586. The number of H-pyrrole nitrogens is 1. The predicted molar refractivity (Wildman–Crippen MR) is 76.3 cm³/mol. The molecule has 0 bridgehead atoms. The average Bonchev–Trinajstić information content (AvgIpc) is 2.74. The number of nitrogens with zero attached hydrogens (tertiary/aromatic N) is 2. The van der Waals surface area contributed by atoms with Crippen LogP contribution < -0.4 is 0 Å². The van der Waals surface area contributed by atoms with Gasteiger partial charge in [0.05, 0.1) is 0 Å². The Bertz CT molecular complexity index is 615. The molecule has 0 saturated carbocycles. The second kappa shape index (κ2) is 4.91. The van der Waals surface area contributed by atoms with Crippen LogP contribution in [0.5, 0.6) is 0 Å². The van der Waals surface area contributed by atoms with Gasteiger partial charge < -0.3 is 4.98 Å². The summed E-state index contributed by atoms with van der Waals surface area (Å²) >= 11 is 6.93. The molecule has 0 spiro atoms. The molecule has 18 heavy (non-hydrogen) atoms. The first-order chi connectivity index (χ1) is 8.70. The molecule has 0 radical (unpaired) electrons. The molecule has 0 aliphatic carbocycles. The summed E-state index contributed by atoms with van der Waals surface area (Å²) in [6.07, 6.45) is 2.97. The lowest BCUT2D eigenvalue weighted by molar-refractivity contribution is 0.243. The zero-order valence-electron chi connectivity index (χ0n) is 10.3. The molecule has 2 aromatic rings. The minimum Gasteiger partial charge on any atom is -0.333 e. The van der Waals surface area contributed by atoms with E-state index in [4.69, 9.17) is 12.2 Å². The van der Waals surface area contributed by atoms with Crippen LogP contribution in [0.1, 0.15) is 21.7 Å². The van der Waals surface area contributed by atoms with Crippen LogP contribution in [0.25, 0.3) is 0 Å². The third kappa shape index (κ3) is 2.53. The predicted octanol–water partition coefficient (Wildman–Crippen LogP) is 3.07. The van der Waals surface area contributed by atoms with Gasteiger partial charge in [0.15, 0.2) is 4.77 Å². The van der Waals surface area contributed by atoms with Crippen molar-refractivity contribution in [2.45, 2.75) is 26.4 Å². The molecule has 0 amide bonds. The van der Waals surface area contributed by atoms with Crippen molar-refractivity contribution >= 4 is 23.6 Å². The Morgan fingerprint density at radius 3 is 3.22 bits per heavy atom. The summed E-state index contributed by atoms with van der Waals surface area (Å²) in [5, 5.41) is 2.21. The fraction of sp³-hybridized carbons (Fsp3) is 0.385. The Balaban J connectivity index is 1.76. The molecule has 0 unspecified atom stereocenters. The van der Waals surface area contributed by atoms with Crippen LogP contribution in [0, 0.1) is 11.7 Å². The standard InChI is InChI=1S/C13H15N3S2/c1-9-4-11(18-8-9)6-16-3-2-10-5-14-13(17)15-12(10)7-16/h4-5,8H,2-3,6-7H2,1H3,(H,14,15,17). The molecule has 2 aromatic heterocycles. The van der Waals surface area contributed by atoms with Gasteiger partial charge in [-0.3, -0.25) is 4.90 Å². The number of aromatic nitrogens is 2. The molecule has 1 aliphatic rings. The lowest BCUT2D eigenvalue weighted by Gasteiger charge is -2.27. The van der Waals surface area contributed by atoms with Gasteiger partial charge in [-0.1, -0.05) is 0 Å². The highest BCUT2D eigenvalue weighted by molar-refractivity contribution is 7.71. The number of thiophene rings is 1. The second-order valence-electron chi connectivity index (χ2n) is 4.74. The van der Waals surface area contributed by atoms with E-state index in [1.807, 2.05) is 17.5 Å². The van der Waals surface area contributed by atoms with E-state index in [0.717, 1.165) is 26.1 Å². The van der Waals surface area contributed by atoms with Crippen molar-refractivity contribution in [3.63, 3.8) is 0 Å². The monoisotopic (exact) mass is 277 g/mol. The molecule has 0 saturated heterocycles. The summed E-state index contributed by atoms with van der Waals surface area (Å²) < 4.78 is 0.586. The van der Waals surface area contributed by atoms with Gasteiger partial charge in [0.1, 0.15) is 0 Å². The van der Waals surface area contributed by atoms with Crippen molar-refractivity contribution in [1.82, 2.24) is 14.9 Å². The van der Waals surface area contributed by atoms with Gasteiger partial charge in [-0.05, 0) is 48.1 Å². The molecular formula is C13H15N3S2. The van der Waals surface area contributed by atoms with Crippen LogP contribution in [-0.4, -0.2) is 21.4 Å². The number of hydrogen-bond donors (Lipinski definition) is 1. The third-order valence-corrected chi connectivity index (χ3v) is 4.47. The van der Waals surface area contributed by atoms with Gasteiger partial charge >= 0.3 is 0 Å². The number of rotatable bonds is 2. The Morgan fingerprint density at radius 2 is 2.44 bits per heavy atom. The molecule has 1 N–H and O–H groups in total. The van der Waals surface area contributed by atoms with E-state index >= 15 is 0 Å². The SMILES string of the molecule is Cc1csc(CN2CCc3cnc(=S)[nH]c3C2)c1. The maximum atomic E-state index is 5.09. The highest BCUT2D eigenvalue weighted by Crippen LogP contribution is 2.21. The molecule has 3 rings (SSSR count). The molecule has 0 atom stereocenters. The number of fused-ring (bicyclic) bond motifs is 1. The molecule has 1 aliphatic heterocycles. The molecule has 94 valence electrons. The average molecular weight is 277 g/mol. The first-order valence-electron chi connectivity index (χ1n) is 6.04. The lowest BCUT2D eigenvalue weighted by Crippen LogP contribution is -2.30. The molecule has 3 heterocycles. The van der Waals surface area contributed by atoms with Gasteiger partial charge in [0.2, 0.25) is 0 Å². The van der Waals surface area contributed by atoms with Gasteiger partial charge in [-0.15, -0.1) is 11.3 Å². The largest absolute Gasteiger partial charge is 0.333 e. The second-order valence-corrected chi connectivity index (χ2v) is 6.13. The van der Waals surface area contributed by atoms with Gasteiger partial charge in [-0.25, -0.2) is 4.98 Å². The summed E-state index contributed by atoms with van der Waals surface area (Å²) in [5.74, 6) is 0. The smallest absolute Gasteiger partial charge is 0.196 e. The Kier molecular flexibility index (Phi) is 3.28. The number of hydrogen-bond acceptors (Lipinski definition) is 4. The Labute approximate surface area is 116 Å². The third-order valence-electron chi connectivity index (χ3n) is 3.23. The van der Waals surface area contributed by atoms with E-state index < -0.39 is 0 Å². The van der Waals surface area contributed by atoms with Crippen LogP contribution in [-0.2, 0) is 19.5 Å². The van der Waals surface area contributed by atoms with Crippen molar-refractivity contribution in [3.05, 3.63) is 44.1 Å². The summed E-state index contributed by atoms with van der Waals surface area (Å²) in [5.41, 5.74) is 3.90.